The summed E-state index contributed by atoms with van der Waals surface area (Å²) < 4.78 is 1.75. The van der Waals surface area contributed by atoms with E-state index in [1.54, 1.807) is 4.68 Å². The fourth-order valence-corrected chi connectivity index (χ4v) is 3.81. The zero-order valence-electron chi connectivity index (χ0n) is 16.0. The Morgan fingerprint density at radius 3 is 2.81 bits per heavy atom. The highest BCUT2D eigenvalue weighted by Gasteiger charge is 2.25. The van der Waals surface area contributed by atoms with Crippen LogP contribution in [0.5, 0.6) is 0 Å². The summed E-state index contributed by atoms with van der Waals surface area (Å²) in [5, 5.41) is 11.9. The highest BCUT2D eigenvalue weighted by molar-refractivity contribution is 6.07. The molecule has 27 heavy (non-hydrogen) atoms. The molecule has 6 nitrogen and oxygen atoms in total. The van der Waals surface area contributed by atoms with E-state index in [9.17, 15) is 4.79 Å². The summed E-state index contributed by atoms with van der Waals surface area (Å²) in [5.41, 5.74) is 3.96. The number of rotatable bonds is 3. The Morgan fingerprint density at radius 2 is 2.07 bits per heavy atom. The van der Waals surface area contributed by atoms with Crippen molar-refractivity contribution >= 4 is 16.9 Å². The minimum absolute atomic E-state index is 0.0590. The Balaban J connectivity index is 1.79. The van der Waals surface area contributed by atoms with Crippen LogP contribution < -0.4 is 10.6 Å². The molecule has 2 N–H and O–H groups in total. The number of carbonyl (C=O) groups excluding carboxylic acids is 1. The molecule has 0 bridgehead atoms. The van der Waals surface area contributed by atoms with E-state index in [0.29, 0.717) is 11.5 Å². The molecule has 3 heterocycles. The number of aromatic nitrogens is 3. The van der Waals surface area contributed by atoms with Gasteiger partial charge in [0.2, 0.25) is 0 Å². The van der Waals surface area contributed by atoms with Gasteiger partial charge in [-0.25, -0.2) is 4.98 Å². The predicted octanol–water partition coefficient (Wildman–Crippen LogP) is 2.67. The Kier molecular flexibility index (Phi) is 4.66. The Labute approximate surface area is 159 Å². The lowest BCUT2D eigenvalue weighted by molar-refractivity contribution is 0.0917. The molecule has 1 aliphatic rings. The first-order valence-electron chi connectivity index (χ1n) is 9.46. The summed E-state index contributed by atoms with van der Waals surface area (Å²) in [7, 11) is 1.87. The number of pyridine rings is 1. The average Bonchev–Trinajstić information content (AvgIpc) is 2.97. The Hall–Kier alpha value is -2.73. The van der Waals surface area contributed by atoms with Gasteiger partial charge in [-0.15, -0.1) is 0 Å². The van der Waals surface area contributed by atoms with Crippen molar-refractivity contribution in [3.05, 3.63) is 47.7 Å². The van der Waals surface area contributed by atoms with E-state index in [4.69, 9.17) is 4.98 Å². The van der Waals surface area contributed by atoms with E-state index < -0.39 is 0 Å². The molecule has 3 aromatic rings. The monoisotopic (exact) mass is 363 g/mol. The van der Waals surface area contributed by atoms with Crippen LogP contribution in [-0.2, 0) is 7.05 Å². The summed E-state index contributed by atoms with van der Waals surface area (Å²) in [5.74, 6) is 0.396. The predicted molar refractivity (Wildman–Crippen MR) is 107 cm³/mol. The van der Waals surface area contributed by atoms with Crippen LogP contribution in [-0.4, -0.2) is 39.8 Å². The summed E-state index contributed by atoms with van der Waals surface area (Å²) in [6.07, 6.45) is 1.07. The molecule has 1 aromatic carbocycles. The number of aryl methyl sites for hydroxylation is 2. The van der Waals surface area contributed by atoms with E-state index in [1.165, 1.54) is 0 Å². The molecule has 4 rings (SSSR count). The topological polar surface area (TPSA) is 71.8 Å². The summed E-state index contributed by atoms with van der Waals surface area (Å²) in [6.45, 7) is 5.93. The van der Waals surface area contributed by atoms with Crippen molar-refractivity contribution in [3.8, 4) is 11.3 Å². The van der Waals surface area contributed by atoms with E-state index >= 15 is 0 Å². The quantitative estimate of drug-likeness (QED) is 0.750. The van der Waals surface area contributed by atoms with Crippen molar-refractivity contribution in [2.24, 2.45) is 13.0 Å². The lowest BCUT2D eigenvalue weighted by Crippen LogP contribution is -2.50. The normalized spacial score (nSPS) is 20.0. The van der Waals surface area contributed by atoms with E-state index in [-0.39, 0.29) is 11.9 Å². The van der Waals surface area contributed by atoms with Crippen LogP contribution in [0.1, 0.15) is 29.4 Å². The SMILES string of the molecule is Cc1nn(C)c2nc(-c3ccccc3)cc(C(=O)NC3CNCCC3C)c12. The van der Waals surface area contributed by atoms with Gasteiger partial charge < -0.3 is 10.6 Å². The minimum atomic E-state index is -0.0590. The maximum atomic E-state index is 13.2. The van der Waals surface area contributed by atoms with Crippen molar-refractivity contribution in [1.82, 2.24) is 25.4 Å². The van der Waals surface area contributed by atoms with Crippen molar-refractivity contribution in [3.63, 3.8) is 0 Å². The molecular weight excluding hydrogens is 338 g/mol. The van der Waals surface area contributed by atoms with Gasteiger partial charge in [0.25, 0.3) is 5.91 Å². The first-order chi connectivity index (χ1) is 13.0. The molecule has 1 saturated heterocycles. The molecule has 2 atom stereocenters. The average molecular weight is 363 g/mol. The van der Waals surface area contributed by atoms with Crippen LogP contribution in [0.4, 0.5) is 0 Å². The summed E-state index contributed by atoms with van der Waals surface area (Å²) in [4.78, 5) is 18.0. The van der Waals surface area contributed by atoms with Gasteiger partial charge in [-0.3, -0.25) is 9.48 Å². The van der Waals surface area contributed by atoms with Crippen LogP contribution in [0.15, 0.2) is 36.4 Å². The number of fused-ring (bicyclic) bond motifs is 1. The molecule has 1 fully saturated rings. The van der Waals surface area contributed by atoms with E-state index in [2.05, 4.69) is 22.7 Å². The van der Waals surface area contributed by atoms with Gasteiger partial charge in [-0.1, -0.05) is 37.3 Å². The van der Waals surface area contributed by atoms with Gasteiger partial charge in [-0.2, -0.15) is 5.10 Å². The Bertz CT molecular complexity index is 979. The maximum absolute atomic E-state index is 13.2. The molecule has 0 radical (unpaired) electrons. The van der Waals surface area contributed by atoms with E-state index in [0.717, 1.165) is 47.5 Å². The first kappa shape index (κ1) is 17.7. The standard InChI is InChI=1S/C21H25N5O/c1-13-9-10-22-12-18(13)24-21(27)16-11-17(15-7-5-4-6-8-15)23-20-19(16)14(2)25-26(20)3/h4-8,11,13,18,22H,9-10,12H2,1-3H3,(H,24,27). The molecular formula is C21H25N5O. The number of amides is 1. The van der Waals surface area contributed by atoms with Crippen LogP contribution in [0.3, 0.4) is 0 Å². The highest BCUT2D eigenvalue weighted by Crippen LogP contribution is 2.27. The van der Waals surface area contributed by atoms with Crippen molar-refractivity contribution < 1.29 is 4.79 Å². The molecule has 0 aliphatic carbocycles. The molecule has 0 saturated carbocycles. The number of piperidine rings is 1. The van der Waals surface area contributed by atoms with Crippen LogP contribution in [0.2, 0.25) is 0 Å². The Morgan fingerprint density at radius 1 is 1.30 bits per heavy atom. The zero-order chi connectivity index (χ0) is 19.0. The third kappa shape index (κ3) is 3.32. The molecule has 1 amide bonds. The van der Waals surface area contributed by atoms with Crippen molar-refractivity contribution in [2.75, 3.05) is 13.1 Å². The number of carbonyl (C=O) groups is 1. The number of hydrogen-bond acceptors (Lipinski definition) is 4. The van der Waals surface area contributed by atoms with Crippen molar-refractivity contribution in [2.45, 2.75) is 26.3 Å². The molecule has 0 spiro atoms. The van der Waals surface area contributed by atoms with Gasteiger partial charge in [0.15, 0.2) is 5.65 Å². The van der Waals surface area contributed by atoms with Gasteiger partial charge in [0.1, 0.15) is 0 Å². The number of hydrogen-bond donors (Lipinski definition) is 2. The molecule has 2 aromatic heterocycles. The lowest BCUT2D eigenvalue weighted by atomic mass is 9.94. The lowest BCUT2D eigenvalue weighted by Gasteiger charge is -2.30. The molecule has 140 valence electrons. The summed E-state index contributed by atoms with van der Waals surface area (Å²) >= 11 is 0. The number of nitrogens with one attached hydrogen (secondary N) is 2. The number of benzene rings is 1. The van der Waals surface area contributed by atoms with Crippen LogP contribution in [0.25, 0.3) is 22.3 Å². The third-order valence-electron chi connectivity index (χ3n) is 5.43. The minimum Gasteiger partial charge on any atom is -0.348 e. The van der Waals surface area contributed by atoms with Gasteiger partial charge in [-0.05, 0) is 31.9 Å². The second-order valence-corrected chi connectivity index (χ2v) is 7.38. The number of nitrogens with zero attached hydrogens (tertiary/aromatic N) is 3. The van der Waals surface area contributed by atoms with Crippen LogP contribution in [0, 0.1) is 12.8 Å². The molecule has 6 heteroatoms. The second kappa shape index (κ2) is 7.12. The fourth-order valence-electron chi connectivity index (χ4n) is 3.81. The van der Waals surface area contributed by atoms with Crippen LogP contribution >= 0.6 is 0 Å². The smallest absolute Gasteiger partial charge is 0.252 e. The fraction of sp³-hybridized carbons (Fsp3) is 0.381. The second-order valence-electron chi connectivity index (χ2n) is 7.38. The maximum Gasteiger partial charge on any atom is 0.252 e. The highest BCUT2D eigenvalue weighted by atomic mass is 16.1. The van der Waals surface area contributed by atoms with Gasteiger partial charge in [0, 0.05) is 25.2 Å². The molecule has 1 aliphatic heterocycles. The van der Waals surface area contributed by atoms with Crippen molar-refractivity contribution in [1.29, 1.82) is 0 Å². The van der Waals surface area contributed by atoms with E-state index in [1.807, 2.05) is 50.4 Å². The first-order valence-corrected chi connectivity index (χ1v) is 9.46. The van der Waals surface area contributed by atoms with Gasteiger partial charge in [0.05, 0.1) is 22.3 Å². The molecule has 2 unspecified atom stereocenters. The summed E-state index contributed by atoms with van der Waals surface area (Å²) in [6, 6.07) is 12.0. The largest absolute Gasteiger partial charge is 0.348 e. The zero-order valence-corrected chi connectivity index (χ0v) is 16.0. The third-order valence-corrected chi connectivity index (χ3v) is 5.43. The van der Waals surface area contributed by atoms with Gasteiger partial charge >= 0.3 is 0 Å².